The highest BCUT2D eigenvalue weighted by molar-refractivity contribution is 7.16. The number of hydrogen-bond donors (Lipinski definition) is 0. The van der Waals surface area contributed by atoms with Gasteiger partial charge in [-0.05, 0) is 37.3 Å². The minimum absolute atomic E-state index is 0.0847. The summed E-state index contributed by atoms with van der Waals surface area (Å²) in [5.41, 5.74) is 2.52. The van der Waals surface area contributed by atoms with Crippen LogP contribution in [0.1, 0.15) is 33.2 Å². The molecule has 0 saturated carbocycles. The third-order valence-electron chi connectivity index (χ3n) is 5.11. The molecule has 0 unspecified atom stereocenters. The lowest BCUT2D eigenvalue weighted by molar-refractivity contribution is 0.0994. The van der Waals surface area contributed by atoms with E-state index in [1.807, 2.05) is 47.9 Å². The van der Waals surface area contributed by atoms with Crippen molar-refractivity contribution < 1.29 is 19.1 Å². The Morgan fingerprint density at radius 1 is 0.939 bits per heavy atom. The number of fused-ring (bicyclic) bond motifs is 1. The van der Waals surface area contributed by atoms with E-state index in [0.717, 1.165) is 16.0 Å². The first-order chi connectivity index (χ1) is 16.1. The molecule has 0 fully saturated rings. The zero-order valence-corrected chi connectivity index (χ0v) is 19.3. The molecule has 0 N–H and O–H groups in total. The van der Waals surface area contributed by atoms with E-state index in [1.165, 1.54) is 11.3 Å². The first-order valence-electron chi connectivity index (χ1n) is 10.6. The molecule has 0 aliphatic heterocycles. The van der Waals surface area contributed by atoms with Crippen molar-refractivity contribution in [3.8, 4) is 5.75 Å². The first-order valence-corrected chi connectivity index (χ1v) is 11.5. The van der Waals surface area contributed by atoms with Crippen molar-refractivity contribution in [1.29, 1.82) is 0 Å². The molecule has 4 aromatic rings. The normalized spacial score (nSPS) is 11.6. The molecule has 6 nitrogen and oxygen atoms in total. The summed E-state index contributed by atoms with van der Waals surface area (Å²) in [4.78, 5) is 30.5. The van der Waals surface area contributed by atoms with Gasteiger partial charge in [-0.25, -0.2) is 0 Å². The largest absolute Gasteiger partial charge is 0.494 e. The molecule has 1 amide bonds. The number of thiazole rings is 1. The van der Waals surface area contributed by atoms with Crippen LogP contribution in [0.25, 0.3) is 10.2 Å². The number of methoxy groups -OCH3 is 1. The predicted octanol–water partition coefficient (Wildman–Crippen LogP) is 4.72. The van der Waals surface area contributed by atoms with Crippen LogP contribution < -0.4 is 9.54 Å². The quantitative estimate of drug-likeness (QED) is 0.357. The van der Waals surface area contributed by atoms with E-state index < -0.39 is 0 Å². The summed E-state index contributed by atoms with van der Waals surface area (Å²) in [6.45, 7) is 3.59. The van der Waals surface area contributed by atoms with Gasteiger partial charge < -0.3 is 14.0 Å². The van der Waals surface area contributed by atoms with Crippen LogP contribution in [0.3, 0.4) is 0 Å². The second kappa shape index (κ2) is 10.4. The zero-order chi connectivity index (χ0) is 23.2. The van der Waals surface area contributed by atoms with E-state index in [1.54, 1.807) is 43.5 Å². The summed E-state index contributed by atoms with van der Waals surface area (Å²) in [6.07, 6.45) is 0. The van der Waals surface area contributed by atoms with Gasteiger partial charge in [0.05, 0.1) is 23.4 Å². The molecular formula is C26H24N2O4S. The summed E-state index contributed by atoms with van der Waals surface area (Å²) in [5, 5.41) is 0. The van der Waals surface area contributed by atoms with Crippen LogP contribution in [0.15, 0.2) is 77.8 Å². The van der Waals surface area contributed by atoms with Crippen LogP contribution in [0.5, 0.6) is 5.75 Å². The predicted molar refractivity (Wildman–Crippen MR) is 129 cm³/mol. The maximum atomic E-state index is 12.9. The van der Waals surface area contributed by atoms with Crippen molar-refractivity contribution in [2.24, 2.45) is 4.99 Å². The Bertz CT molecular complexity index is 1340. The van der Waals surface area contributed by atoms with Crippen LogP contribution in [0, 0.1) is 0 Å². The second-order valence-electron chi connectivity index (χ2n) is 7.28. The molecular weight excluding hydrogens is 436 g/mol. The Morgan fingerprint density at radius 2 is 1.64 bits per heavy atom. The van der Waals surface area contributed by atoms with Gasteiger partial charge in [0, 0.05) is 30.3 Å². The molecule has 0 spiro atoms. The number of nitrogens with zero attached hydrogens (tertiary/aromatic N) is 2. The minimum atomic E-state index is -0.364. The van der Waals surface area contributed by atoms with Crippen LogP contribution in [0.4, 0.5) is 0 Å². The third kappa shape index (κ3) is 5.10. The van der Waals surface area contributed by atoms with Crippen molar-refractivity contribution in [3.05, 3.63) is 94.3 Å². The number of amides is 1. The van der Waals surface area contributed by atoms with Gasteiger partial charge in [-0.3, -0.25) is 9.59 Å². The molecule has 0 aliphatic carbocycles. The van der Waals surface area contributed by atoms with Crippen LogP contribution in [0.2, 0.25) is 0 Å². The highest BCUT2D eigenvalue weighted by atomic mass is 32.1. The zero-order valence-electron chi connectivity index (χ0n) is 18.5. The molecule has 0 atom stereocenters. The first kappa shape index (κ1) is 22.6. The van der Waals surface area contributed by atoms with E-state index >= 15 is 0 Å². The van der Waals surface area contributed by atoms with Crippen molar-refractivity contribution in [1.82, 2.24) is 4.57 Å². The Balaban J connectivity index is 1.65. The van der Waals surface area contributed by atoms with Crippen LogP contribution in [-0.2, 0) is 11.3 Å². The lowest BCUT2D eigenvalue weighted by Gasteiger charge is -2.06. The molecule has 1 aromatic heterocycles. The molecule has 4 rings (SSSR count). The van der Waals surface area contributed by atoms with Crippen molar-refractivity contribution >= 4 is 33.2 Å². The molecule has 7 heteroatoms. The second-order valence-corrected chi connectivity index (χ2v) is 8.29. The van der Waals surface area contributed by atoms with Gasteiger partial charge in [0.1, 0.15) is 5.75 Å². The highest BCUT2D eigenvalue weighted by Crippen LogP contribution is 2.23. The lowest BCUT2D eigenvalue weighted by Crippen LogP contribution is -2.19. The third-order valence-corrected chi connectivity index (χ3v) is 6.15. The van der Waals surface area contributed by atoms with Gasteiger partial charge in [0.15, 0.2) is 10.6 Å². The fourth-order valence-corrected chi connectivity index (χ4v) is 4.55. The van der Waals surface area contributed by atoms with E-state index in [0.29, 0.717) is 41.3 Å². The number of aromatic nitrogens is 1. The maximum absolute atomic E-state index is 12.9. The number of carbonyl (C=O) groups is 2. The smallest absolute Gasteiger partial charge is 0.279 e. The fourth-order valence-electron chi connectivity index (χ4n) is 3.47. The van der Waals surface area contributed by atoms with Gasteiger partial charge in [-0.2, -0.15) is 4.99 Å². The number of ketones is 1. The van der Waals surface area contributed by atoms with E-state index in [-0.39, 0.29) is 11.7 Å². The van der Waals surface area contributed by atoms with Crippen molar-refractivity contribution in [3.63, 3.8) is 0 Å². The van der Waals surface area contributed by atoms with E-state index in [2.05, 4.69) is 4.99 Å². The van der Waals surface area contributed by atoms with Gasteiger partial charge in [0.25, 0.3) is 5.91 Å². The monoisotopic (exact) mass is 460 g/mol. The molecule has 33 heavy (non-hydrogen) atoms. The van der Waals surface area contributed by atoms with E-state index in [9.17, 15) is 9.59 Å². The van der Waals surface area contributed by atoms with E-state index in [4.69, 9.17) is 9.47 Å². The van der Waals surface area contributed by atoms with Gasteiger partial charge in [-0.15, -0.1) is 0 Å². The number of benzene rings is 3. The molecule has 0 bridgehead atoms. The number of carbonyl (C=O) groups excluding carboxylic acids is 2. The van der Waals surface area contributed by atoms with Gasteiger partial charge >= 0.3 is 0 Å². The highest BCUT2D eigenvalue weighted by Gasteiger charge is 2.12. The standard InChI is InChI=1S/C26H24N2O4S/c1-3-32-21-13-14-22-23(17-21)33-26(28(22)15-16-31-2)27-25(30)20-11-9-19(10-12-20)24(29)18-7-5-4-6-8-18/h4-14,17H,3,15-16H2,1-2H3. The SMILES string of the molecule is CCOc1ccc2c(c1)sc(=NC(=O)c1ccc(C(=O)c3ccccc3)cc1)n2CCOC. The topological polar surface area (TPSA) is 69.9 Å². The maximum Gasteiger partial charge on any atom is 0.279 e. The van der Waals surface area contributed by atoms with Gasteiger partial charge in [0.2, 0.25) is 0 Å². The fraction of sp³-hybridized carbons (Fsp3) is 0.192. The molecule has 0 saturated heterocycles. The van der Waals surface area contributed by atoms with Crippen molar-refractivity contribution in [2.75, 3.05) is 20.3 Å². The number of hydrogen-bond acceptors (Lipinski definition) is 5. The Morgan fingerprint density at radius 3 is 2.33 bits per heavy atom. The van der Waals surface area contributed by atoms with Crippen LogP contribution in [-0.4, -0.2) is 36.6 Å². The summed E-state index contributed by atoms with van der Waals surface area (Å²) >= 11 is 1.43. The number of rotatable bonds is 8. The Hall–Kier alpha value is -3.55. The average molecular weight is 461 g/mol. The molecule has 168 valence electrons. The summed E-state index contributed by atoms with van der Waals surface area (Å²) in [7, 11) is 1.64. The summed E-state index contributed by atoms with van der Waals surface area (Å²) in [5.74, 6) is 0.330. The molecule has 0 radical (unpaired) electrons. The molecule has 1 heterocycles. The molecule has 3 aromatic carbocycles. The molecule has 0 aliphatic rings. The summed E-state index contributed by atoms with van der Waals surface area (Å²) < 4.78 is 13.8. The Kier molecular flexibility index (Phi) is 7.12. The lowest BCUT2D eigenvalue weighted by atomic mass is 10.0. The summed E-state index contributed by atoms with van der Waals surface area (Å²) in [6, 6.07) is 21.5. The van der Waals surface area contributed by atoms with Gasteiger partial charge in [-0.1, -0.05) is 53.8 Å². The minimum Gasteiger partial charge on any atom is -0.494 e. The number of ether oxygens (including phenoxy) is 2. The van der Waals surface area contributed by atoms with Crippen molar-refractivity contribution in [2.45, 2.75) is 13.5 Å². The Labute approximate surface area is 195 Å². The average Bonchev–Trinajstić information content (AvgIpc) is 3.19. The van der Waals surface area contributed by atoms with Crippen LogP contribution >= 0.6 is 11.3 Å².